The van der Waals surface area contributed by atoms with Gasteiger partial charge in [0.2, 0.25) is 0 Å². The van der Waals surface area contributed by atoms with Crippen LogP contribution in [0.4, 0.5) is 18.3 Å². The van der Waals surface area contributed by atoms with Crippen molar-refractivity contribution in [3.63, 3.8) is 0 Å². The van der Waals surface area contributed by atoms with Crippen molar-refractivity contribution in [2.24, 2.45) is 0 Å². The highest BCUT2D eigenvalue weighted by Crippen LogP contribution is 2.35. The molecule has 1 heterocycles. The van der Waals surface area contributed by atoms with Crippen LogP contribution >= 0.6 is 22.9 Å². The zero-order valence-corrected chi connectivity index (χ0v) is 17.7. The van der Waals surface area contributed by atoms with E-state index in [1.807, 2.05) is 32.0 Å². The normalized spacial score (nSPS) is 11.4. The molecule has 3 aromatic rings. The number of carbonyl (C=O) groups excluding carboxylic acids is 1. The number of anilines is 1. The molecule has 158 valence electrons. The lowest BCUT2D eigenvalue weighted by atomic mass is 10.1. The number of nitrogens with one attached hydrogen (secondary N) is 1. The number of aromatic nitrogens is 1. The first-order valence-corrected chi connectivity index (χ1v) is 10.1. The summed E-state index contributed by atoms with van der Waals surface area (Å²) in [5.41, 5.74) is 1.53. The third kappa shape index (κ3) is 5.73. The number of rotatable bonds is 6. The maximum atomic E-state index is 13.0. The molecule has 1 aromatic heterocycles. The Bertz CT molecular complexity index is 1070. The van der Waals surface area contributed by atoms with Crippen LogP contribution in [0.15, 0.2) is 42.6 Å². The highest BCUT2D eigenvalue weighted by atomic mass is 35.5. The third-order valence-electron chi connectivity index (χ3n) is 4.22. The number of hydrogen-bond acceptors (Lipinski definition) is 4. The van der Waals surface area contributed by atoms with Crippen LogP contribution in [0.5, 0.6) is 5.75 Å². The van der Waals surface area contributed by atoms with Gasteiger partial charge in [-0.05, 0) is 48.7 Å². The van der Waals surface area contributed by atoms with Crippen molar-refractivity contribution in [1.82, 2.24) is 4.98 Å². The second-order valence-electron chi connectivity index (χ2n) is 6.73. The van der Waals surface area contributed by atoms with E-state index in [0.29, 0.717) is 21.3 Å². The summed E-state index contributed by atoms with van der Waals surface area (Å²) in [6, 6.07) is 9.51. The molecule has 0 saturated heterocycles. The highest BCUT2D eigenvalue weighted by molar-refractivity contribution is 7.15. The Balaban J connectivity index is 1.60. The minimum absolute atomic E-state index is 0.175. The second-order valence-corrected chi connectivity index (χ2v) is 8.25. The van der Waals surface area contributed by atoms with Gasteiger partial charge in [-0.3, -0.25) is 10.1 Å². The highest BCUT2D eigenvalue weighted by Gasteiger charge is 2.33. The molecular weight excluding hydrogens is 437 g/mol. The summed E-state index contributed by atoms with van der Waals surface area (Å²) in [4.78, 5) is 16.9. The number of thiazole rings is 1. The van der Waals surface area contributed by atoms with Gasteiger partial charge >= 0.3 is 6.18 Å². The zero-order chi connectivity index (χ0) is 21.9. The molecule has 1 amide bonds. The minimum atomic E-state index is -4.52. The van der Waals surface area contributed by atoms with Gasteiger partial charge in [-0.25, -0.2) is 4.98 Å². The van der Waals surface area contributed by atoms with Gasteiger partial charge in [0.25, 0.3) is 5.91 Å². The topological polar surface area (TPSA) is 51.2 Å². The molecule has 2 aromatic carbocycles. The van der Waals surface area contributed by atoms with Gasteiger partial charge in [0.15, 0.2) is 11.7 Å². The lowest BCUT2D eigenvalue weighted by molar-refractivity contribution is -0.137. The minimum Gasteiger partial charge on any atom is -0.483 e. The summed E-state index contributed by atoms with van der Waals surface area (Å²) in [6.45, 7) is 3.65. The lowest BCUT2D eigenvalue weighted by Crippen LogP contribution is -2.20. The first-order valence-electron chi connectivity index (χ1n) is 8.92. The van der Waals surface area contributed by atoms with Crippen LogP contribution in [0.2, 0.25) is 5.02 Å². The standard InChI is InChI=1S/C21H18ClF3N2O2S/c1-12-3-4-13(2)18(7-12)29-11-19(28)27-20-26-10-15(30-20)8-14-5-6-17(22)16(9-14)21(23,24)25/h3-7,9-10H,8,11H2,1-2H3,(H,26,27,28). The van der Waals surface area contributed by atoms with Crippen molar-refractivity contribution in [1.29, 1.82) is 0 Å². The Morgan fingerprint density at radius 2 is 1.97 bits per heavy atom. The average Bonchev–Trinajstić information content (AvgIpc) is 3.10. The van der Waals surface area contributed by atoms with Gasteiger partial charge in [0.05, 0.1) is 10.6 Å². The fraction of sp³-hybridized carbons (Fsp3) is 0.238. The molecule has 0 saturated carbocycles. The van der Waals surface area contributed by atoms with Crippen molar-refractivity contribution in [2.45, 2.75) is 26.4 Å². The fourth-order valence-corrected chi connectivity index (χ4v) is 3.80. The number of ether oxygens (including phenoxy) is 1. The van der Waals surface area contributed by atoms with E-state index in [4.69, 9.17) is 16.3 Å². The molecule has 0 aliphatic carbocycles. The Kier molecular flexibility index (Phi) is 6.67. The molecule has 1 N–H and O–H groups in total. The number of amides is 1. The van der Waals surface area contributed by atoms with Crippen molar-refractivity contribution in [2.75, 3.05) is 11.9 Å². The first kappa shape index (κ1) is 22.1. The van der Waals surface area contributed by atoms with Gasteiger partial charge < -0.3 is 4.74 Å². The quantitative estimate of drug-likeness (QED) is 0.494. The monoisotopic (exact) mass is 454 g/mol. The predicted molar refractivity (Wildman–Crippen MR) is 111 cm³/mol. The number of nitrogens with zero attached hydrogens (tertiary/aromatic N) is 1. The molecule has 0 fully saturated rings. The Morgan fingerprint density at radius 3 is 2.70 bits per heavy atom. The van der Waals surface area contributed by atoms with Crippen molar-refractivity contribution < 1.29 is 22.7 Å². The fourth-order valence-electron chi connectivity index (χ4n) is 2.71. The third-order valence-corrected chi connectivity index (χ3v) is 5.46. The van der Waals surface area contributed by atoms with Crippen molar-refractivity contribution in [3.05, 3.63) is 74.7 Å². The Morgan fingerprint density at radius 1 is 1.20 bits per heavy atom. The van der Waals surface area contributed by atoms with Crippen molar-refractivity contribution in [3.8, 4) is 5.75 Å². The number of aryl methyl sites for hydroxylation is 2. The molecule has 0 atom stereocenters. The number of hydrogen-bond donors (Lipinski definition) is 1. The molecule has 4 nitrogen and oxygen atoms in total. The summed E-state index contributed by atoms with van der Waals surface area (Å²) >= 11 is 6.84. The van der Waals surface area contributed by atoms with E-state index in [0.717, 1.165) is 17.2 Å². The van der Waals surface area contributed by atoms with Crippen molar-refractivity contribution >= 4 is 34.0 Å². The van der Waals surface area contributed by atoms with E-state index in [1.54, 1.807) is 0 Å². The van der Waals surface area contributed by atoms with E-state index < -0.39 is 11.7 Å². The number of carbonyl (C=O) groups is 1. The molecule has 0 bridgehead atoms. The van der Waals surface area contributed by atoms with Gasteiger partial charge in [-0.2, -0.15) is 13.2 Å². The van der Waals surface area contributed by atoms with E-state index in [-0.39, 0.29) is 24.0 Å². The van der Waals surface area contributed by atoms with Crippen LogP contribution < -0.4 is 10.1 Å². The van der Waals surface area contributed by atoms with Gasteiger partial charge in [-0.15, -0.1) is 11.3 Å². The van der Waals surface area contributed by atoms with Crippen LogP contribution in [-0.4, -0.2) is 17.5 Å². The molecule has 0 unspecified atom stereocenters. The van der Waals surface area contributed by atoms with Crippen LogP contribution in [-0.2, 0) is 17.4 Å². The predicted octanol–water partition coefficient (Wildman–Crippen LogP) is 6.04. The SMILES string of the molecule is Cc1ccc(C)c(OCC(=O)Nc2ncc(Cc3ccc(Cl)c(C(F)(F)F)c3)s2)c1. The lowest BCUT2D eigenvalue weighted by Gasteiger charge is -2.10. The smallest absolute Gasteiger partial charge is 0.417 e. The largest absolute Gasteiger partial charge is 0.483 e. The van der Waals surface area contributed by atoms with Crippen LogP contribution in [0, 0.1) is 13.8 Å². The Hall–Kier alpha value is -2.58. The number of alkyl halides is 3. The van der Waals surface area contributed by atoms with E-state index in [9.17, 15) is 18.0 Å². The van der Waals surface area contributed by atoms with Crippen LogP contribution in [0.3, 0.4) is 0 Å². The van der Waals surface area contributed by atoms with E-state index in [1.165, 1.54) is 29.7 Å². The van der Waals surface area contributed by atoms with E-state index in [2.05, 4.69) is 10.3 Å². The molecule has 0 spiro atoms. The summed E-state index contributed by atoms with van der Waals surface area (Å²) in [5, 5.41) is 2.65. The summed E-state index contributed by atoms with van der Waals surface area (Å²) in [5.74, 6) is 0.260. The van der Waals surface area contributed by atoms with E-state index >= 15 is 0 Å². The molecule has 0 radical (unpaired) electrons. The zero-order valence-electron chi connectivity index (χ0n) is 16.1. The molecule has 0 aliphatic rings. The first-order chi connectivity index (χ1) is 14.1. The maximum Gasteiger partial charge on any atom is 0.417 e. The molecule has 30 heavy (non-hydrogen) atoms. The number of benzene rings is 2. The summed E-state index contributed by atoms with van der Waals surface area (Å²) < 4.78 is 44.6. The maximum absolute atomic E-state index is 13.0. The molecule has 3 rings (SSSR count). The summed E-state index contributed by atoms with van der Waals surface area (Å²) in [6.07, 6.45) is -2.75. The van der Waals surface area contributed by atoms with Gasteiger partial charge in [0, 0.05) is 17.5 Å². The molecule has 0 aliphatic heterocycles. The molecular formula is C21H18ClF3N2O2S. The van der Waals surface area contributed by atoms with Crippen LogP contribution in [0.25, 0.3) is 0 Å². The summed E-state index contributed by atoms with van der Waals surface area (Å²) in [7, 11) is 0. The van der Waals surface area contributed by atoms with Gasteiger partial charge in [0.1, 0.15) is 5.75 Å². The molecule has 9 heteroatoms. The average molecular weight is 455 g/mol. The number of halogens is 4. The Labute approximate surface area is 180 Å². The van der Waals surface area contributed by atoms with Gasteiger partial charge in [-0.1, -0.05) is 29.8 Å². The van der Waals surface area contributed by atoms with Crippen LogP contribution in [0.1, 0.15) is 27.1 Å². The second kappa shape index (κ2) is 9.06.